The average molecular weight is 498 g/mol. The van der Waals surface area contributed by atoms with Crippen molar-refractivity contribution in [3.05, 3.63) is 51.5 Å². The number of benzene rings is 1. The summed E-state index contributed by atoms with van der Waals surface area (Å²) in [5.41, 5.74) is 0.0634. The van der Waals surface area contributed by atoms with Gasteiger partial charge < -0.3 is 10.6 Å². The molecule has 4 nitrogen and oxygen atoms in total. The SMILES string of the molecule is CCNC(=NCc1ccc(C(F)(F)F)cc1)NCc1ncc(CC)s1.I. The highest BCUT2D eigenvalue weighted by Gasteiger charge is 2.29. The first-order chi connectivity index (χ1) is 11.9. The van der Waals surface area contributed by atoms with E-state index in [1.807, 2.05) is 13.1 Å². The molecule has 0 atom stereocenters. The maximum absolute atomic E-state index is 12.6. The standard InChI is InChI=1S/C17H21F3N4S.HI/c1-3-14-10-22-15(25-14)11-24-16(21-4-2)23-9-12-5-7-13(8-6-12)17(18,19)20;/h5-8,10H,3-4,9,11H2,1-2H3,(H2,21,23,24);1H. The number of guanidine groups is 1. The second-order valence-corrected chi connectivity index (χ2v) is 6.52. The van der Waals surface area contributed by atoms with Crippen LogP contribution < -0.4 is 10.6 Å². The van der Waals surface area contributed by atoms with E-state index in [4.69, 9.17) is 0 Å². The average Bonchev–Trinajstić information content (AvgIpc) is 3.05. The Hall–Kier alpha value is -1.36. The molecule has 0 radical (unpaired) electrons. The van der Waals surface area contributed by atoms with Gasteiger partial charge in [-0.2, -0.15) is 13.2 Å². The van der Waals surface area contributed by atoms with Gasteiger partial charge in [0.05, 0.1) is 18.7 Å². The van der Waals surface area contributed by atoms with Crippen LogP contribution in [0.1, 0.15) is 34.9 Å². The summed E-state index contributed by atoms with van der Waals surface area (Å²) in [5, 5.41) is 7.27. The highest BCUT2D eigenvalue weighted by Crippen LogP contribution is 2.29. The van der Waals surface area contributed by atoms with Crippen molar-refractivity contribution >= 4 is 41.3 Å². The molecule has 9 heteroatoms. The molecule has 0 aliphatic carbocycles. The molecule has 0 saturated carbocycles. The molecule has 0 unspecified atom stereocenters. The first-order valence-corrected chi connectivity index (χ1v) is 8.86. The third-order valence-corrected chi connectivity index (χ3v) is 4.54. The van der Waals surface area contributed by atoms with Gasteiger partial charge in [-0.1, -0.05) is 19.1 Å². The van der Waals surface area contributed by atoms with Gasteiger partial charge in [0.1, 0.15) is 5.01 Å². The second kappa shape index (κ2) is 10.7. The molecule has 0 fully saturated rings. The Kier molecular flexibility index (Phi) is 9.34. The minimum Gasteiger partial charge on any atom is -0.357 e. The lowest BCUT2D eigenvalue weighted by Gasteiger charge is -2.10. The lowest BCUT2D eigenvalue weighted by Crippen LogP contribution is -2.36. The van der Waals surface area contributed by atoms with Crippen molar-refractivity contribution in [2.75, 3.05) is 6.54 Å². The molecule has 2 rings (SSSR count). The molecule has 144 valence electrons. The number of thiazole rings is 1. The van der Waals surface area contributed by atoms with Gasteiger partial charge in [-0.25, -0.2) is 9.98 Å². The van der Waals surface area contributed by atoms with E-state index in [1.165, 1.54) is 17.0 Å². The number of nitrogens with zero attached hydrogens (tertiary/aromatic N) is 2. The van der Waals surface area contributed by atoms with Gasteiger partial charge in [-0.3, -0.25) is 0 Å². The van der Waals surface area contributed by atoms with E-state index in [2.05, 4.69) is 27.5 Å². The maximum atomic E-state index is 12.6. The fraction of sp³-hybridized carbons (Fsp3) is 0.412. The summed E-state index contributed by atoms with van der Waals surface area (Å²) in [5.74, 6) is 0.607. The molecule has 2 aromatic rings. The lowest BCUT2D eigenvalue weighted by molar-refractivity contribution is -0.137. The molecular weight excluding hydrogens is 476 g/mol. The van der Waals surface area contributed by atoms with Crippen LogP contribution in [0.2, 0.25) is 0 Å². The third-order valence-electron chi connectivity index (χ3n) is 3.40. The van der Waals surface area contributed by atoms with Crippen LogP contribution in [0.3, 0.4) is 0 Å². The highest BCUT2D eigenvalue weighted by atomic mass is 127. The van der Waals surface area contributed by atoms with Gasteiger partial charge in [-0.05, 0) is 31.0 Å². The maximum Gasteiger partial charge on any atom is 0.416 e. The molecule has 0 spiro atoms. The fourth-order valence-corrected chi connectivity index (χ4v) is 2.87. The molecule has 26 heavy (non-hydrogen) atoms. The molecule has 0 bridgehead atoms. The Morgan fingerprint density at radius 3 is 2.38 bits per heavy atom. The molecular formula is C17H22F3IN4S. The molecule has 2 N–H and O–H groups in total. The van der Waals surface area contributed by atoms with E-state index in [-0.39, 0.29) is 24.0 Å². The number of hydrogen-bond acceptors (Lipinski definition) is 3. The molecule has 0 saturated heterocycles. The predicted octanol–water partition coefficient (Wildman–Crippen LogP) is 4.60. The zero-order chi connectivity index (χ0) is 18.3. The van der Waals surface area contributed by atoms with E-state index in [9.17, 15) is 13.2 Å². The van der Waals surface area contributed by atoms with Crippen molar-refractivity contribution in [1.29, 1.82) is 0 Å². The van der Waals surface area contributed by atoms with Gasteiger partial charge in [0.25, 0.3) is 0 Å². The van der Waals surface area contributed by atoms with E-state index < -0.39 is 11.7 Å². The van der Waals surface area contributed by atoms with Gasteiger partial charge in [0, 0.05) is 17.6 Å². The van der Waals surface area contributed by atoms with Gasteiger partial charge >= 0.3 is 6.18 Å². The first-order valence-electron chi connectivity index (χ1n) is 8.04. The summed E-state index contributed by atoms with van der Waals surface area (Å²) in [6.07, 6.45) is -1.49. The van der Waals surface area contributed by atoms with E-state index >= 15 is 0 Å². The molecule has 0 aliphatic rings. The zero-order valence-electron chi connectivity index (χ0n) is 14.6. The summed E-state index contributed by atoms with van der Waals surface area (Å²) in [7, 11) is 0. The topological polar surface area (TPSA) is 49.3 Å². The number of hydrogen-bond donors (Lipinski definition) is 2. The number of rotatable bonds is 6. The van der Waals surface area contributed by atoms with Gasteiger partial charge in [0.15, 0.2) is 5.96 Å². The van der Waals surface area contributed by atoms with E-state index in [1.54, 1.807) is 11.3 Å². The van der Waals surface area contributed by atoms with Crippen LogP contribution in [-0.4, -0.2) is 17.5 Å². The summed E-state index contributed by atoms with van der Waals surface area (Å²) in [6, 6.07) is 5.05. The normalized spacial score (nSPS) is 11.8. The number of nitrogens with one attached hydrogen (secondary N) is 2. The van der Waals surface area contributed by atoms with Crippen LogP contribution in [0.25, 0.3) is 0 Å². The van der Waals surface area contributed by atoms with Crippen LogP contribution in [0.4, 0.5) is 13.2 Å². The summed E-state index contributed by atoms with van der Waals surface area (Å²) in [4.78, 5) is 9.97. The van der Waals surface area contributed by atoms with Crippen LogP contribution >= 0.6 is 35.3 Å². The molecule has 0 aliphatic heterocycles. The second-order valence-electron chi connectivity index (χ2n) is 5.32. The Bertz CT molecular complexity index is 699. The molecule has 0 amide bonds. The molecule has 1 aromatic carbocycles. The number of alkyl halides is 3. The van der Waals surface area contributed by atoms with E-state index in [0.717, 1.165) is 23.6 Å². The lowest BCUT2D eigenvalue weighted by atomic mass is 10.1. The van der Waals surface area contributed by atoms with Crippen molar-refractivity contribution in [2.24, 2.45) is 4.99 Å². The minimum absolute atomic E-state index is 0. The number of aryl methyl sites for hydroxylation is 1. The number of aliphatic imine (C=N–C) groups is 1. The Morgan fingerprint density at radius 1 is 1.15 bits per heavy atom. The van der Waals surface area contributed by atoms with Crippen molar-refractivity contribution in [3.8, 4) is 0 Å². The highest BCUT2D eigenvalue weighted by molar-refractivity contribution is 14.0. The zero-order valence-corrected chi connectivity index (χ0v) is 17.7. The number of aromatic nitrogens is 1. The molecule has 1 aromatic heterocycles. The quantitative estimate of drug-likeness (QED) is 0.348. The Morgan fingerprint density at radius 2 is 1.85 bits per heavy atom. The summed E-state index contributed by atoms with van der Waals surface area (Å²) in [6.45, 7) is 5.58. The van der Waals surface area contributed by atoms with Gasteiger partial charge in [0.2, 0.25) is 0 Å². The molecule has 1 heterocycles. The first kappa shape index (κ1) is 22.7. The van der Waals surface area contributed by atoms with Crippen molar-refractivity contribution in [3.63, 3.8) is 0 Å². The monoisotopic (exact) mass is 498 g/mol. The van der Waals surface area contributed by atoms with Crippen LogP contribution in [-0.2, 0) is 25.7 Å². The van der Waals surface area contributed by atoms with Crippen LogP contribution in [0.5, 0.6) is 0 Å². The Balaban J connectivity index is 0.00000338. The minimum atomic E-state index is -4.32. The third kappa shape index (κ3) is 7.10. The smallest absolute Gasteiger partial charge is 0.357 e. The van der Waals surface area contributed by atoms with Crippen molar-refractivity contribution in [2.45, 2.75) is 39.5 Å². The summed E-state index contributed by atoms with van der Waals surface area (Å²) < 4.78 is 37.7. The predicted molar refractivity (Wildman–Crippen MR) is 110 cm³/mol. The largest absolute Gasteiger partial charge is 0.416 e. The van der Waals surface area contributed by atoms with Gasteiger partial charge in [-0.15, -0.1) is 35.3 Å². The van der Waals surface area contributed by atoms with Crippen molar-refractivity contribution in [1.82, 2.24) is 15.6 Å². The van der Waals surface area contributed by atoms with Crippen LogP contribution in [0.15, 0.2) is 35.5 Å². The number of halogens is 4. The fourth-order valence-electron chi connectivity index (χ4n) is 2.06. The summed E-state index contributed by atoms with van der Waals surface area (Å²) >= 11 is 1.65. The van der Waals surface area contributed by atoms with Crippen LogP contribution in [0, 0.1) is 0 Å². The van der Waals surface area contributed by atoms with Crippen molar-refractivity contribution < 1.29 is 13.2 Å². The Labute approximate surface area is 172 Å². The van der Waals surface area contributed by atoms with E-state index in [0.29, 0.717) is 31.2 Å².